The lowest BCUT2D eigenvalue weighted by atomic mass is 9.56. The normalized spacial score (nSPS) is 17.8. The number of hydrogen-bond acceptors (Lipinski definition) is 4. The van der Waals surface area contributed by atoms with Crippen LogP contribution in [0.5, 0.6) is 0 Å². The van der Waals surface area contributed by atoms with Crippen molar-refractivity contribution in [1.29, 1.82) is 0 Å². The fourth-order valence-electron chi connectivity index (χ4n) is 5.09. The number of rotatable bonds is 4. The second kappa shape index (κ2) is 7.40. The second-order valence-electron chi connectivity index (χ2n) is 9.39. The molecule has 1 saturated heterocycles. The molecule has 1 aromatic carbocycles. The Morgan fingerprint density at radius 3 is 2.45 bits per heavy atom. The summed E-state index contributed by atoms with van der Waals surface area (Å²) in [7, 11) is 1.96. The molecular weight excluding hydrogens is 433 g/mol. The predicted octanol–water partition coefficient (Wildman–Crippen LogP) is 3.86. The number of hydrogen-bond donors (Lipinski definition) is 0. The van der Waals surface area contributed by atoms with Crippen LogP contribution in [-0.2, 0) is 23.1 Å². The molecular formula is C24H23F3N4O2. The van der Waals surface area contributed by atoms with Gasteiger partial charge in [-0.2, -0.15) is 13.2 Å². The summed E-state index contributed by atoms with van der Waals surface area (Å²) in [6, 6.07) is 7.98. The number of Topliss-reactive ketones (excluding diaryl/α,β-unsaturated/α-hetero) is 1. The van der Waals surface area contributed by atoms with Crippen LogP contribution < -0.4 is 0 Å². The van der Waals surface area contributed by atoms with Crippen molar-refractivity contribution in [2.24, 2.45) is 18.4 Å². The van der Waals surface area contributed by atoms with Gasteiger partial charge in [-0.05, 0) is 37.3 Å². The first-order chi connectivity index (χ1) is 15.5. The minimum absolute atomic E-state index is 0.0477. The second-order valence-corrected chi connectivity index (χ2v) is 9.39. The Hall–Kier alpha value is -3.23. The van der Waals surface area contributed by atoms with Crippen LogP contribution in [0, 0.1) is 18.3 Å². The number of nitrogens with zero attached hydrogens (tertiary/aromatic N) is 4. The molecule has 1 saturated carbocycles. The minimum Gasteiger partial charge on any atom is -0.334 e. The molecule has 1 spiro atoms. The lowest BCUT2D eigenvalue weighted by Crippen LogP contribution is -2.66. The van der Waals surface area contributed by atoms with Crippen molar-refractivity contribution in [3.8, 4) is 11.3 Å². The molecule has 1 aliphatic heterocycles. The Labute approximate surface area is 188 Å². The van der Waals surface area contributed by atoms with Gasteiger partial charge in [-0.15, -0.1) is 0 Å². The molecule has 2 fully saturated rings. The molecule has 0 bridgehead atoms. The largest absolute Gasteiger partial charge is 0.471 e. The highest BCUT2D eigenvalue weighted by Gasteiger charge is 2.58. The quantitative estimate of drug-likeness (QED) is 0.598. The van der Waals surface area contributed by atoms with E-state index >= 15 is 0 Å². The molecule has 2 aliphatic rings. The van der Waals surface area contributed by atoms with Crippen LogP contribution in [0.3, 0.4) is 0 Å². The zero-order valence-electron chi connectivity index (χ0n) is 18.3. The van der Waals surface area contributed by atoms with Gasteiger partial charge in [0.2, 0.25) is 0 Å². The Bertz CT molecular complexity index is 1270. The number of carbonyl (C=O) groups is 2. The number of ketones is 1. The maximum Gasteiger partial charge on any atom is 0.471 e. The standard InChI is InChI=1S/C24H23F3N4O2/c1-14-28-11-20(30(14)2)15-3-4-16-10-29-19(6-17(16)5-15)7-21(32)18-8-23(9-18)12-31(13-23)22(33)24(25,26)27/h3-6,10-11,18H,7-9,12-13H2,1-2H3. The van der Waals surface area contributed by atoms with E-state index in [1.165, 1.54) is 0 Å². The van der Waals surface area contributed by atoms with Gasteiger partial charge in [0.1, 0.15) is 11.6 Å². The van der Waals surface area contributed by atoms with E-state index in [9.17, 15) is 22.8 Å². The lowest BCUT2D eigenvalue weighted by molar-refractivity contribution is -0.203. The lowest BCUT2D eigenvalue weighted by Gasteiger charge is -2.58. The zero-order chi connectivity index (χ0) is 23.5. The molecule has 3 aromatic rings. The van der Waals surface area contributed by atoms with E-state index in [4.69, 9.17) is 0 Å². The van der Waals surface area contributed by atoms with Gasteiger partial charge in [0.05, 0.1) is 11.9 Å². The molecule has 172 valence electrons. The van der Waals surface area contributed by atoms with Gasteiger partial charge >= 0.3 is 12.1 Å². The van der Waals surface area contributed by atoms with Gasteiger partial charge in [-0.25, -0.2) is 4.98 Å². The molecule has 0 unspecified atom stereocenters. The third-order valence-corrected chi connectivity index (χ3v) is 7.05. The molecule has 0 N–H and O–H groups in total. The minimum atomic E-state index is -4.84. The molecule has 3 heterocycles. The zero-order valence-corrected chi connectivity index (χ0v) is 18.3. The van der Waals surface area contributed by atoms with Crippen LogP contribution in [0.25, 0.3) is 22.0 Å². The van der Waals surface area contributed by atoms with Crippen molar-refractivity contribution in [2.45, 2.75) is 32.4 Å². The number of pyridine rings is 1. The maximum absolute atomic E-state index is 12.8. The van der Waals surface area contributed by atoms with E-state index in [0.717, 1.165) is 32.8 Å². The van der Waals surface area contributed by atoms with Gasteiger partial charge in [0.25, 0.3) is 0 Å². The number of likely N-dealkylation sites (tertiary alicyclic amines) is 1. The molecule has 0 radical (unpaired) electrons. The Kier molecular flexibility index (Phi) is 4.84. The summed E-state index contributed by atoms with van der Waals surface area (Å²) in [6.45, 7) is 2.11. The van der Waals surface area contributed by atoms with Crippen molar-refractivity contribution >= 4 is 22.5 Å². The highest BCUT2D eigenvalue weighted by Crippen LogP contribution is 2.53. The molecule has 1 aliphatic carbocycles. The van der Waals surface area contributed by atoms with Crippen molar-refractivity contribution in [1.82, 2.24) is 19.4 Å². The first kappa shape index (κ1) is 21.6. The fourth-order valence-corrected chi connectivity index (χ4v) is 5.09. The van der Waals surface area contributed by atoms with Crippen molar-refractivity contribution in [3.63, 3.8) is 0 Å². The topological polar surface area (TPSA) is 68.1 Å². The number of alkyl halides is 3. The first-order valence-electron chi connectivity index (χ1n) is 10.8. The number of benzene rings is 1. The highest BCUT2D eigenvalue weighted by molar-refractivity contribution is 5.89. The van der Waals surface area contributed by atoms with Gasteiger partial charge in [0, 0.05) is 60.7 Å². The summed E-state index contributed by atoms with van der Waals surface area (Å²) in [5.74, 6) is -1.01. The summed E-state index contributed by atoms with van der Waals surface area (Å²) in [4.78, 5) is 33.6. The number of aromatic nitrogens is 3. The van der Waals surface area contributed by atoms with Gasteiger partial charge < -0.3 is 9.47 Å². The van der Waals surface area contributed by atoms with E-state index < -0.39 is 12.1 Å². The van der Waals surface area contributed by atoms with E-state index in [1.54, 1.807) is 6.20 Å². The summed E-state index contributed by atoms with van der Waals surface area (Å²) in [5, 5.41) is 1.95. The molecule has 33 heavy (non-hydrogen) atoms. The Morgan fingerprint density at radius 2 is 1.82 bits per heavy atom. The van der Waals surface area contributed by atoms with Gasteiger partial charge in [-0.1, -0.05) is 12.1 Å². The average Bonchev–Trinajstić information content (AvgIpc) is 3.03. The maximum atomic E-state index is 12.8. The van der Waals surface area contributed by atoms with Crippen LogP contribution in [-0.4, -0.2) is 50.4 Å². The van der Waals surface area contributed by atoms with Crippen molar-refractivity contribution in [3.05, 3.63) is 48.2 Å². The number of fused-ring (bicyclic) bond motifs is 1. The van der Waals surface area contributed by atoms with E-state index in [1.807, 2.05) is 42.9 Å². The third-order valence-electron chi connectivity index (χ3n) is 7.05. The number of aryl methyl sites for hydroxylation is 1. The van der Waals surface area contributed by atoms with Gasteiger partial charge in [-0.3, -0.25) is 14.6 Å². The summed E-state index contributed by atoms with van der Waals surface area (Å²) < 4.78 is 39.6. The van der Waals surface area contributed by atoms with Crippen molar-refractivity contribution in [2.75, 3.05) is 13.1 Å². The van der Waals surface area contributed by atoms with Gasteiger partial charge in [0.15, 0.2) is 0 Å². The molecule has 5 rings (SSSR count). The monoisotopic (exact) mass is 456 g/mol. The average molecular weight is 456 g/mol. The highest BCUT2D eigenvalue weighted by atomic mass is 19.4. The molecule has 2 aromatic heterocycles. The molecule has 6 nitrogen and oxygen atoms in total. The Balaban J connectivity index is 1.23. The summed E-state index contributed by atoms with van der Waals surface area (Å²) in [5.41, 5.74) is 2.38. The van der Waals surface area contributed by atoms with Crippen LogP contribution in [0.15, 0.2) is 36.7 Å². The van der Waals surface area contributed by atoms with E-state index in [0.29, 0.717) is 18.5 Å². The number of halogens is 3. The first-order valence-corrected chi connectivity index (χ1v) is 10.8. The molecule has 0 atom stereocenters. The van der Waals surface area contributed by atoms with Crippen molar-refractivity contribution < 1.29 is 22.8 Å². The number of amides is 1. The predicted molar refractivity (Wildman–Crippen MR) is 115 cm³/mol. The Morgan fingerprint density at radius 1 is 1.09 bits per heavy atom. The fraction of sp³-hybridized carbons (Fsp3) is 0.417. The van der Waals surface area contributed by atoms with Crippen LogP contribution in [0.4, 0.5) is 13.2 Å². The number of carbonyl (C=O) groups excluding carboxylic acids is 2. The SMILES string of the molecule is Cc1ncc(-c2ccc3cnc(CC(=O)C4CC5(C4)CN(C(=O)C(F)(F)F)C5)cc3c2)n1C. The molecule has 9 heteroatoms. The van der Waals surface area contributed by atoms with Crippen LogP contribution in [0.2, 0.25) is 0 Å². The summed E-state index contributed by atoms with van der Waals surface area (Å²) in [6.07, 6.45) is 0.00816. The number of imidazole rings is 1. The smallest absolute Gasteiger partial charge is 0.334 e. The van der Waals surface area contributed by atoms with Crippen LogP contribution >= 0.6 is 0 Å². The van der Waals surface area contributed by atoms with E-state index in [-0.39, 0.29) is 36.6 Å². The summed E-state index contributed by atoms with van der Waals surface area (Å²) >= 11 is 0. The molecule has 1 amide bonds. The van der Waals surface area contributed by atoms with Crippen LogP contribution in [0.1, 0.15) is 24.4 Å². The third kappa shape index (κ3) is 3.79. The van der Waals surface area contributed by atoms with E-state index in [2.05, 4.69) is 16.0 Å².